The Bertz CT molecular complexity index is 644. The molecule has 0 saturated heterocycles. The monoisotopic (exact) mass is 473 g/mol. The fourth-order valence-electron chi connectivity index (χ4n) is 4.63. The lowest BCUT2D eigenvalue weighted by Crippen LogP contribution is -2.76. The topological polar surface area (TPSA) is 18.8 Å². The van der Waals surface area contributed by atoms with Gasteiger partial charge in [0.05, 0.1) is 16.1 Å². The van der Waals surface area contributed by atoms with Gasteiger partial charge in [0.1, 0.15) is 8.24 Å². The molecule has 0 saturated carbocycles. The van der Waals surface area contributed by atoms with Crippen LogP contribution in [0.1, 0.15) is 41.5 Å². The molecular weight excluding hydrogens is 426 g/mol. The molecule has 1 heterocycles. The maximum Gasteiger partial charge on any atom is 0.450 e. The molecule has 1 rings (SSSR count). The molecular formula is C21H48FN3Si4. The lowest BCUT2D eigenvalue weighted by molar-refractivity contribution is 0.262. The fourth-order valence-corrected chi connectivity index (χ4v) is 21.6. The minimum Gasteiger partial charge on any atom is -0.298 e. The van der Waals surface area contributed by atoms with Crippen molar-refractivity contribution in [3.63, 3.8) is 0 Å². The Balaban J connectivity index is 3.92. The van der Waals surface area contributed by atoms with Crippen molar-refractivity contribution in [2.45, 2.75) is 111 Å². The summed E-state index contributed by atoms with van der Waals surface area (Å²) in [5.74, 6) is 0. The summed E-state index contributed by atoms with van der Waals surface area (Å²) in [6, 6.07) is 0. The third-order valence-electron chi connectivity index (χ3n) is 5.18. The number of hydrazone groups is 1. The number of rotatable bonds is 5. The zero-order valence-corrected chi connectivity index (χ0v) is 26.0. The van der Waals surface area contributed by atoms with Crippen molar-refractivity contribution in [3.05, 3.63) is 11.4 Å². The van der Waals surface area contributed by atoms with E-state index in [9.17, 15) is 0 Å². The summed E-state index contributed by atoms with van der Waals surface area (Å²) in [6.45, 7) is 34.0. The lowest BCUT2D eigenvalue weighted by Gasteiger charge is -2.55. The van der Waals surface area contributed by atoms with E-state index in [1.54, 1.807) is 0 Å². The quantitative estimate of drug-likeness (QED) is 0.311. The van der Waals surface area contributed by atoms with Gasteiger partial charge in [0.2, 0.25) is 0 Å². The van der Waals surface area contributed by atoms with Crippen LogP contribution < -0.4 is 0 Å². The minimum atomic E-state index is -3.63. The van der Waals surface area contributed by atoms with Crippen molar-refractivity contribution >= 4 is 39.3 Å². The van der Waals surface area contributed by atoms with Crippen LogP contribution in [-0.2, 0) is 0 Å². The molecule has 2 atom stereocenters. The predicted octanol–water partition coefficient (Wildman–Crippen LogP) is 7.19. The Morgan fingerprint density at radius 1 is 0.966 bits per heavy atom. The SMILES string of the molecule is CC(C)(C)/C(=C\[Si](C)(C)C)N1N=CC([Si](C)(C)C)[Si]1(F)N(C(C)(C)C)[Si](C)(C)C. The van der Waals surface area contributed by atoms with Gasteiger partial charge in [0.25, 0.3) is 0 Å². The summed E-state index contributed by atoms with van der Waals surface area (Å²) in [4.78, 5) is 0. The lowest BCUT2D eigenvalue weighted by atomic mass is 9.93. The van der Waals surface area contributed by atoms with Crippen molar-refractivity contribution in [3.8, 4) is 0 Å². The Hall–Kier alpha value is -0.0325. The molecule has 8 heteroatoms. The van der Waals surface area contributed by atoms with Gasteiger partial charge in [-0.3, -0.25) is 13.0 Å². The van der Waals surface area contributed by atoms with Crippen LogP contribution in [0.25, 0.3) is 0 Å². The highest BCUT2D eigenvalue weighted by molar-refractivity contribution is 7.01. The molecule has 170 valence electrons. The van der Waals surface area contributed by atoms with Gasteiger partial charge in [0.15, 0.2) is 0 Å². The van der Waals surface area contributed by atoms with Crippen molar-refractivity contribution in [2.24, 2.45) is 10.5 Å². The molecule has 0 aromatic carbocycles. The zero-order valence-electron chi connectivity index (χ0n) is 22.0. The van der Waals surface area contributed by atoms with Crippen LogP contribution in [-0.4, -0.2) is 53.8 Å². The van der Waals surface area contributed by atoms with Crippen LogP contribution in [0.4, 0.5) is 4.11 Å². The third-order valence-corrected chi connectivity index (χ3v) is 20.2. The molecule has 1 aliphatic rings. The van der Waals surface area contributed by atoms with Crippen LogP contribution in [0.5, 0.6) is 0 Å². The van der Waals surface area contributed by atoms with Crippen molar-refractivity contribution in [1.82, 2.24) is 8.91 Å². The van der Waals surface area contributed by atoms with Crippen LogP contribution in [0.3, 0.4) is 0 Å². The molecule has 0 amide bonds. The number of hydrogen-bond acceptors (Lipinski definition) is 3. The Morgan fingerprint density at radius 3 is 1.69 bits per heavy atom. The van der Waals surface area contributed by atoms with E-state index in [-0.39, 0.29) is 16.1 Å². The third kappa shape index (κ3) is 6.02. The van der Waals surface area contributed by atoms with E-state index < -0.39 is 33.1 Å². The van der Waals surface area contributed by atoms with Gasteiger partial charge in [-0.1, -0.05) is 85.4 Å². The van der Waals surface area contributed by atoms with Crippen molar-refractivity contribution < 1.29 is 4.11 Å². The van der Waals surface area contributed by atoms with Crippen molar-refractivity contribution in [1.29, 1.82) is 0 Å². The first-order valence-electron chi connectivity index (χ1n) is 11.0. The van der Waals surface area contributed by atoms with Gasteiger partial charge in [-0.05, 0) is 20.8 Å². The van der Waals surface area contributed by atoms with Crippen LogP contribution >= 0.6 is 0 Å². The number of halogens is 1. The van der Waals surface area contributed by atoms with E-state index in [1.807, 2.05) is 10.9 Å². The summed E-state index contributed by atoms with van der Waals surface area (Å²) in [5, 5.41) is 4.85. The highest BCUT2D eigenvalue weighted by Gasteiger charge is 2.67. The minimum absolute atomic E-state index is 0.0478. The van der Waals surface area contributed by atoms with E-state index in [1.165, 1.54) is 0 Å². The van der Waals surface area contributed by atoms with Crippen molar-refractivity contribution in [2.75, 3.05) is 0 Å². The average molecular weight is 474 g/mol. The summed E-state index contributed by atoms with van der Waals surface area (Å²) in [5.41, 5.74) is 3.09. The Labute approximate surface area is 185 Å². The second kappa shape index (κ2) is 7.83. The number of allylic oxidation sites excluding steroid dienone is 1. The molecule has 3 nitrogen and oxygen atoms in total. The summed E-state index contributed by atoms with van der Waals surface area (Å²) >= 11 is 0. The maximum absolute atomic E-state index is 18.1. The van der Waals surface area contributed by atoms with E-state index >= 15 is 4.11 Å². The molecule has 0 bridgehead atoms. The van der Waals surface area contributed by atoms with Gasteiger partial charge in [-0.25, -0.2) is 0 Å². The van der Waals surface area contributed by atoms with Gasteiger partial charge < -0.3 is 0 Å². The fraction of sp³-hybridized carbons (Fsp3) is 0.857. The van der Waals surface area contributed by atoms with Gasteiger partial charge >= 0.3 is 8.73 Å². The molecule has 0 fully saturated rings. The molecule has 0 aromatic rings. The van der Waals surface area contributed by atoms with Crippen LogP contribution in [0.2, 0.25) is 64.1 Å². The maximum atomic E-state index is 18.1. The van der Waals surface area contributed by atoms with Gasteiger partial charge in [0, 0.05) is 28.0 Å². The molecule has 0 aromatic heterocycles. The van der Waals surface area contributed by atoms with E-state index in [4.69, 9.17) is 5.10 Å². The smallest absolute Gasteiger partial charge is 0.298 e. The van der Waals surface area contributed by atoms with E-state index in [0.717, 1.165) is 5.70 Å². The van der Waals surface area contributed by atoms with Gasteiger partial charge in [-0.2, -0.15) is 5.10 Å². The largest absolute Gasteiger partial charge is 0.450 e. The normalized spacial score (nSPS) is 25.3. The first-order valence-corrected chi connectivity index (χ1v) is 23.5. The van der Waals surface area contributed by atoms with E-state index in [0.29, 0.717) is 0 Å². The standard InChI is InChI=1S/C21H48FN3Si4/c1-20(2,3)18(17-26(7,8)9)24-23-16-19(27(10,11)12)29(24,22)25(21(4,5)6)28(13,14)15/h16-17,19H,1-15H3/b18-17+. The average Bonchev–Trinajstić information content (AvgIpc) is 2.66. The zero-order chi connectivity index (χ0) is 23.4. The molecule has 0 spiro atoms. The second-order valence-corrected chi connectivity index (χ2v) is 32.8. The highest BCUT2D eigenvalue weighted by atomic mass is 28.5. The van der Waals surface area contributed by atoms with Gasteiger partial charge in [-0.15, -0.1) is 0 Å². The summed E-state index contributed by atoms with van der Waals surface area (Å²) < 4.78 is 22.4. The summed E-state index contributed by atoms with van der Waals surface area (Å²) in [7, 11) is -9.01. The molecule has 1 aliphatic heterocycles. The molecule has 0 radical (unpaired) electrons. The number of hydrogen-bond donors (Lipinski definition) is 0. The Kier molecular flexibility index (Phi) is 7.29. The highest BCUT2D eigenvalue weighted by Crippen LogP contribution is 2.49. The number of nitrogens with zero attached hydrogens (tertiary/aromatic N) is 3. The first kappa shape index (κ1) is 27.0. The predicted molar refractivity (Wildman–Crippen MR) is 140 cm³/mol. The molecule has 0 aliphatic carbocycles. The second-order valence-electron chi connectivity index (χ2n) is 13.9. The first-order chi connectivity index (χ1) is 12.4. The van der Waals surface area contributed by atoms with Crippen LogP contribution in [0.15, 0.2) is 16.5 Å². The molecule has 0 N–H and O–H groups in total. The Morgan fingerprint density at radius 2 is 1.41 bits per heavy atom. The molecule has 2 unspecified atom stereocenters. The van der Waals surface area contributed by atoms with E-state index in [2.05, 4.69) is 110 Å². The molecule has 29 heavy (non-hydrogen) atoms. The van der Waals surface area contributed by atoms with Crippen LogP contribution in [0, 0.1) is 5.41 Å². The summed E-state index contributed by atoms with van der Waals surface area (Å²) in [6.07, 6.45) is 2.00.